The Morgan fingerprint density at radius 1 is 1.14 bits per heavy atom. The lowest BCUT2D eigenvalue weighted by Gasteiger charge is -2.19. The summed E-state index contributed by atoms with van der Waals surface area (Å²) in [5.74, 6) is 0.313. The Balaban J connectivity index is 1.96. The fourth-order valence-corrected chi connectivity index (χ4v) is 2.05. The highest BCUT2D eigenvalue weighted by Gasteiger charge is 2.17. The quantitative estimate of drug-likeness (QED) is 0.921. The van der Waals surface area contributed by atoms with Gasteiger partial charge in [-0.3, -0.25) is 4.79 Å². The highest BCUT2D eigenvalue weighted by atomic mass is 16.5. The van der Waals surface area contributed by atoms with E-state index in [1.807, 2.05) is 43.3 Å². The van der Waals surface area contributed by atoms with Crippen molar-refractivity contribution in [3.05, 3.63) is 65.7 Å². The van der Waals surface area contributed by atoms with Crippen molar-refractivity contribution >= 4 is 5.91 Å². The minimum atomic E-state index is -0.639. The Bertz CT molecular complexity index is 677. The van der Waals surface area contributed by atoms with Crippen LogP contribution in [0.3, 0.4) is 0 Å². The molecule has 1 N–H and O–H groups in total. The van der Waals surface area contributed by atoms with E-state index in [1.165, 1.54) is 0 Å². The summed E-state index contributed by atoms with van der Waals surface area (Å²) in [6, 6.07) is 18.4. The van der Waals surface area contributed by atoms with Crippen LogP contribution in [0.15, 0.2) is 54.6 Å². The summed E-state index contributed by atoms with van der Waals surface area (Å²) in [6.45, 7) is 3.61. The number of ether oxygens (including phenoxy) is 1. The number of hydrogen-bond acceptors (Lipinski definition) is 3. The fraction of sp³-hybridized carbons (Fsp3) is 0.222. The lowest BCUT2D eigenvalue weighted by atomic mass is 10.1. The molecule has 22 heavy (non-hydrogen) atoms. The van der Waals surface area contributed by atoms with Gasteiger partial charge in [-0.25, -0.2) is 0 Å². The van der Waals surface area contributed by atoms with E-state index in [2.05, 4.69) is 5.32 Å². The lowest BCUT2D eigenvalue weighted by Crippen LogP contribution is -2.37. The molecule has 0 aliphatic heterocycles. The van der Waals surface area contributed by atoms with Crippen molar-refractivity contribution in [2.75, 3.05) is 0 Å². The topological polar surface area (TPSA) is 62.1 Å². The second-order valence-electron chi connectivity index (χ2n) is 5.04. The summed E-state index contributed by atoms with van der Waals surface area (Å²) in [7, 11) is 0. The summed E-state index contributed by atoms with van der Waals surface area (Å²) in [5, 5.41) is 11.8. The van der Waals surface area contributed by atoms with Crippen LogP contribution in [-0.2, 0) is 4.79 Å². The molecule has 2 aromatic rings. The summed E-state index contributed by atoms with van der Waals surface area (Å²) < 4.78 is 5.59. The van der Waals surface area contributed by atoms with Crippen LogP contribution in [0.2, 0.25) is 0 Å². The monoisotopic (exact) mass is 294 g/mol. The molecule has 4 nitrogen and oxygen atoms in total. The minimum Gasteiger partial charge on any atom is -0.481 e. The van der Waals surface area contributed by atoms with E-state index in [1.54, 1.807) is 31.2 Å². The van der Waals surface area contributed by atoms with Crippen molar-refractivity contribution in [3.8, 4) is 11.8 Å². The highest BCUT2D eigenvalue weighted by molar-refractivity contribution is 5.81. The molecule has 0 bridgehead atoms. The first-order chi connectivity index (χ1) is 10.6. The van der Waals surface area contributed by atoms with Gasteiger partial charge in [0.05, 0.1) is 17.7 Å². The van der Waals surface area contributed by atoms with E-state index < -0.39 is 6.10 Å². The summed E-state index contributed by atoms with van der Waals surface area (Å²) in [6.07, 6.45) is -0.639. The van der Waals surface area contributed by atoms with Gasteiger partial charge in [0.1, 0.15) is 5.75 Å². The third kappa shape index (κ3) is 4.10. The maximum Gasteiger partial charge on any atom is 0.261 e. The van der Waals surface area contributed by atoms with Crippen LogP contribution in [0.4, 0.5) is 0 Å². The van der Waals surface area contributed by atoms with Crippen molar-refractivity contribution < 1.29 is 9.53 Å². The Kier molecular flexibility index (Phi) is 5.16. The van der Waals surface area contributed by atoms with Gasteiger partial charge < -0.3 is 10.1 Å². The summed E-state index contributed by atoms with van der Waals surface area (Å²) >= 11 is 0. The molecule has 0 radical (unpaired) electrons. The number of benzene rings is 2. The minimum absolute atomic E-state index is 0.0924. The average Bonchev–Trinajstić information content (AvgIpc) is 2.55. The third-order valence-electron chi connectivity index (χ3n) is 3.30. The van der Waals surface area contributed by atoms with Gasteiger partial charge in [-0.15, -0.1) is 0 Å². The van der Waals surface area contributed by atoms with Crippen molar-refractivity contribution in [1.29, 1.82) is 5.26 Å². The molecular weight excluding hydrogens is 276 g/mol. The number of nitrogens with one attached hydrogen (secondary N) is 1. The molecule has 0 aromatic heterocycles. The summed E-state index contributed by atoms with van der Waals surface area (Å²) in [5.41, 5.74) is 1.54. The zero-order chi connectivity index (χ0) is 15.9. The molecule has 2 atom stereocenters. The molecule has 4 heteroatoms. The van der Waals surface area contributed by atoms with Crippen LogP contribution < -0.4 is 10.1 Å². The van der Waals surface area contributed by atoms with Gasteiger partial charge in [0.2, 0.25) is 0 Å². The van der Waals surface area contributed by atoms with Crippen molar-refractivity contribution in [2.24, 2.45) is 0 Å². The first kappa shape index (κ1) is 15.6. The van der Waals surface area contributed by atoms with Crippen LogP contribution >= 0.6 is 0 Å². The molecule has 112 valence electrons. The summed E-state index contributed by atoms with van der Waals surface area (Å²) in [4.78, 5) is 12.2. The molecule has 0 heterocycles. The van der Waals surface area contributed by atoms with Crippen LogP contribution in [0.25, 0.3) is 0 Å². The Hall–Kier alpha value is -2.80. The van der Waals surface area contributed by atoms with Gasteiger partial charge in [0.15, 0.2) is 6.10 Å². The fourth-order valence-electron chi connectivity index (χ4n) is 2.05. The van der Waals surface area contributed by atoms with Gasteiger partial charge in [-0.2, -0.15) is 5.26 Å². The van der Waals surface area contributed by atoms with Crippen molar-refractivity contribution in [3.63, 3.8) is 0 Å². The molecule has 0 fully saturated rings. The molecule has 2 rings (SSSR count). The van der Waals surface area contributed by atoms with E-state index >= 15 is 0 Å². The average molecular weight is 294 g/mol. The molecule has 0 spiro atoms. The van der Waals surface area contributed by atoms with Gasteiger partial charge in [-0.1, -0.05) is 36.4 Å². The maximum absolute atomic E-state index is 12.2. The highest BCUT2D eigenvalue weighted by Crippen LogP contribution is 2.16. The molecule has 2 unspecified atom stereocenters. The van der Waals surface area contributed by atoms with Gasteiger partial charge in [-0.05, 0) is 37.6 Å². The van der Waals surface area contributed by atoms with Crippen molar-refractivity contribution in [1.82, 2.24) is 5.32 Å². The first-order valence-electron chi connectivity index (χ1n) is 7.12. The van der Waals surface area contributed by atoms with Gasteiger partial charge >= 0.3 is 0 Å². The second kappa shape index (κ2) is 7.28. The largest absolute Gasteiger partial charge is 0.481 e. The molecule has 2 aromatic carbocycles. The van der Waals surface area contributed by atoms with E-state index in [-0.39, 0.29) is 11.9 Å². The number of amides is 1. The Labute approximate surface area is 130 Å². The first-order valence-corrected chi connectivity index (χ1v) is 7.12. The SMILES string of the molecule is CC(Oc1cccc(C#N)c1)C(=O)NC(C)c1ccccc1. The Morgan fingerprint density at radius 2 is 1.86 bits per heavy atom. The molecule has 0 saturated heterocycles. The predicted molar refractivity (Wildman–Crippen MR) is 84.2 cm³/mol. The standard InChI is InChI=1S/C18H18N2O2/c1-13(16-8-4-3-5-9-16)20-18(21)14(2)22-17-10-6-7-15(11-17)12-19/h3-11,13-14H,1-2H3,(H,20,21). The molecule has 0 aliphatic rings. The smallest absolute Gasteiger partial charge is 0.261 e. The van der Waals surface area contributed by atoms with Crippen LogP contribution in [0.5, 0.6) is 5.75 Å². The van der Waals surface area contributed by atoms with Crippen LogP contribution in [0.1, 0.15) is 31.0 Å². The van der Waals surface area contributed by atoms with Gasteiger partial charge in [0, 0.05) is 0 Å². The predicted octanol–water partition coefficient (Wildman–Crippen LogP) is 3.20. The van der Waals surface area contributed by atoms with E-state index in [4.69, 9.17) is 10.00 Å². The third-order valence-corrected chi connectivity index (χ3v) is 3.30. The van der Waals surface area contributed by atoms with Crippen molar-refractivity contribution in [2.45, 2.75) is 26.0 Å². The van der Waals surface area contributed by atoms with Crippen LogP contribution in [-0.4, -0.2) is 12.0 Å². The molecule has 0 saturated carbocycles. The zero-order valence-corrected chi connectivity index (χ0v) is 12.6. The molecular formula is C18H18N2O2. The van der Waals surface area contributed by atoms with Gasteiger partial charge in [0.25, 0.3) is 5.91 Å². The van der Waals surface area contributed by atoms with Crippen LogP contribution in [0, 0.1) is 11.3 Å². The van der Waals surface area contributed by atoms with E-state index in [0.717, 1.165) is 5.56 Å². The maximum atomic E-state index is 12.2. The molecule has 1 amide bonds. The lowest BCUT2D eigenvalue weighted by molar-refractivity contribution is -0.127. The normalized spacial score (nSPS) is 12.8. The number of carbonyl (C=O) groups is 1. The van der Waals surface area contributed by atoms with E-state index in [0.29, 0.717) is 11.3 Å². The number of carbonyl (C=O) groups excluding carboxylic acids is 1. The second-order valence-corrected chi connectivity index (χ2v) is 5.04. The number of rotatable bonds is 5. The zero-order valence-electron chi connectivity index (χ0n) is 12.6. The number of nitrogens with zero attached hydrogens (tertiary/aromatic N) is 1. The number of hydrogen-bond donors (Lipinski definition) is 1. The molecule has 0 aliphatic carbocycles. The van der Waals surface area contributed by atoms with E-state index in [9.17, 15) is 4.79 Å². The number of nitriles is 1. The Morgan fingerprint density at radius 3 is 2.55 bits per heavy atom.